The van der Waals surface area contributed by atoms with E-state index < -0.39 is 0 Å². The van der Waals surface area contributed by atoms with Gasteiger partial charge in [0.15, 0.2) is 0 Å². The Bertz CT molecular complexity index is 361. The molecular weight excluding hydrogens is 276 g/mol. The van der Waals surface area contributed by atoms with Gasteiger partial charge in [0, 0.05) is 17.6 Å². The van der Waals surface area contributed by atoms with Gasteiger partial charge in [0.05, 0.1) is 0 Å². The predicted octanol–water partition coefficient (Wildman–Crippen LogP) is 2.58. The van der Waals surface area contributed by atoms with E-state index >= 15 is 0 Å². The zero-order chi connectivity index (χ0) is 12.1. The maximum absolute atomic E-state index is 3.59. The standard InChI is InChI=1S/C14H21BrN2/c1-16-10-14(7-8-14)11-17-9-6-12-4-2-3-5-13(12)15/h2-5,16-17H,6-11H2,1H3. The minimum absolute atomic E-state index is 0.558. The highest BCUT2D eigenvalue weighted by molar-refractivity contribution is 9.10. The second-order valence-corrected chi connectivity index (χ2v) is 5.90. The van der Waals surface area contributed by atoms with E-state index in [0.717, 1.165) is 26.1 Å². The quantitative estimate of drug-likeness (QED) is 0.756. The minimum Gasteiger partial charge on any atom is -0.319 e. The first-order valence-corrected chi connectivity index (χ1v) is 7.14. The highest BCUT2D eigenvalue weighted by Crippen LogP contribution is 2.44. The monoisotopic (exact) mass is 296 g/mol. The van der Waals surface area contributed by atoms with Crippen LogP contribution in [0.15, 0.2) is 28.7 Å². The summed E-state index contributed by atoms with van der Waals surface area (Å²) >= 11 is 3.59. The molecule has 2 rings (SSSR count). The highest BCUT2D eigenvalue weighted by atomic mass is 79.9. The van der Waals surface area contributed by atoms with E-state index in [9.17, 15) is 0 Å². The van der Waals surface area contributed by atoms with Crippen molar-refractivity contribution in [3.63, 3.8) is 0 Å². The Hall–Kier alpha value is -0.380. The fourth-order valence-electron chi connectivity index (χ4n) is 2.25. The van der Waals surface area contributed by atoms with Crippen LogP contribution in [0, 0.1) is 5.41 Å². The summed E-state index contributed by atoms with van der Waals surface area (Å²) in [4.78, 5) is 0. The molecule has 0 heterocycles. The van der Waals surface area contributed by atoms with E-state index in [1.807, 2.05) is 7.05 Å². The molecule has 2 N–H and O–H groups in total. The number of hydrogen-bond acceptors (Lipinski definition) is 2. The van der Waals surface area contributed by atoms with Crippen LogP contribution in [-0.2, 0) is 6.42 Å². The normalized spacial score (nSPS) is 17.1. The van der Waals surface area contributed by atoms with E-state index in [4.69, 9.17) is 0 Å². The molecule has 0 unspecified atom stereocenters. The van der Waals surface area contributed by atoms with Crippen LogP contribution in [0.3, 0.4) is 0 Å². The molecule has 0 bridgehead atoms. The predicted molar refractivity (Wildman–Crippen MR) is 76.3 cm³/mol. The van der Waals surface area contributed by atoms with Gasteiger partial charge in [-0.2, -0.15) is 0 Å². The van der Waals surface area contributed by atoms with Crippen molar-refractivity contribution in [2.24, 2.45) is 5.41 Å². The Morgan fingerprint density at radius 1 is 1.24 bits per heavy atom. The Kier molecular flexibility index (Phi) is 4.60. The molecule has 1 aliphatic rings. The average Bonchev–Trinajstić information content (AvgIpc) is 3.08. The van der Waals surface area contributed by atoms with Gasteiger partial charge in [0.1, 0.15) is 0 Å². The van der Waals surface area contributed by atoms with Crippen molar-refractivity contribution in [2.75, 3.05) is 26.7 Å². The molecule has 1 aromatic rings. The lowest BCUT2D eigenvalue weighted by molar-refractivity contribution is 0.441. The molecule has 0 aromatic heterocycles. The van der Waals surface area contributed by atoms with Crippen LogP contribution in [0.1, 0.15) is 18.4 Å². The summed E-state index contributed by atoms with van der Waals surface area (Å²) in [5, 5.41) is 6.88. The molecule has 2 nitrogen and oxygen atoms in total. The summed E-state index contributed by atoms with van der Waals surface area (Å²) in [7, 11) is 2.04. The molecule has 0 aliphatic heterocycles. The smallest absolute Gasteiger partial charge is 0.0207 e. The number of benzene rings is 1. The van der Waals surface area contributed by atoms with E-state index in [1.165, 1.54) is 22.9 Å². The first-order chi connectivity index (χ1) is 8.26. The van der Waals surface area contributed by atoms with Crippen molar-refractivity contribution in [3.8, 4) is 0 Å². The lowest BCUT2D eigenvalue weighted by Gasteiger charge is -2.15. The molecule has 1 saturated carbocycles. The molecule has 94 valence electrons. The third-order valence-corrected chi connectivity index (χ3v) is 4.31. The SMILES string of the molecule is CNCC1(CNCCc2ccccc2Br)CC1. The van der Waals surface area contributed by atoms with E-state index in [1.54, 1.807) is 0 Å². The minimum atomic E-state index is 0.558. The topological polar surface area (TPSA) is 24.1 Å². The van der Waals surface area contributed by atoms with E-state index in [-0.39, 0.29) is 0 Å². The van der Waals surface area contributed by atoms with Crippen LogP contribution >= 0.6 is 15.9 Å². The van der Waals surface area contributed by atoms with Crippen molar-refractivity contribution >= 4 is 15.9 Å². The Balaban J connectivity index is 1.68. The summed E-state index contributed by atoms with van der Waals surface area (Å²) in [5.74, 6) is 0. The fraction of sp³-hybridized carbons (Fsp3) is 0.571. The van der Waals surface area contributed by atoms with Gasteiger partial charge in [-0.3, -0.25) is 0 Å². The van der Waals surface area contributed by atoms with Crippen molar-refractivity contribution in [3.05, 3.63) is 34.3 Å². The largest absolute Gasteiger partial charge is 0.319 e. The molecule has 0 radical (unpaired) electrons. The van der Waals surface area contributed by atoms with Gasteiger partial charge in [-0.05, 0) is 49.9 Å². The second kappa shape index (κ2) is 5.98. The van der Waals surface area contributed by atoms with Gasteiger partial charge in [-0.25, -0.2) is 0 Å². The fourth-order valence-corrected chi connectivity index (χ4v) is 2.73. The lowest BCUT2D eigenvalue weighted by atomic mass is 10.1. The van der Waals surface area contributed by atoms with Gasteiger partial charge >= 0.3 is 0 Å². The molecule has 1 aromatic carbocycles. The molecule has 1 fully saturated rings. The van der Waals surface area contributed by atoms with Crippen LogP contribution in [0.25, 0.3) is 0 Å². The summed E-state index contributed by atoms with van der Waals surface area (Å²) in [5.41, 5.74) is 1.95. The molecule has 0 atom stereocenters. The van der Waals surface area contributed by atoms with Gasteiger partial charge in [0.2, 0.25) is 0 Å². The molecule has 0 spiro atoms. The Morgan fingerprint density at radius 2 is 2.00 bits per heavy atom. The van der Waals surface area contributed by atoms with Gasteiger partial charge in [0.25, 0.3) is 0 Å². The Labute approximate surface area is 112 Å². The average molecular weight is 297 g/mol. The van der Waals surface area contributed by atoms with Gasteiger partial charge in [-0.1, -0.05) is 34.1 Å². The van der Waals surface area contributed by atoms with Gasteiger partial charge < -0.3 is 10.6 Å². The van der Waals surface area contributed by atoms with Crippen LogP contribution in [0.5, 0.6) is 0 Å². The van der Waals surface area contributed by atoms with Crippen LogP contribution < -0.4 is 10.6 Å². The number of rotatable bonds is 7. The molecule has 0 saturated heterocycles. The first kappa shape index (κ1) is 13.1. The third-order valence-electron chi connectivity index (χ3n) is 3.54. The van der Waals surface area contributed by atoms with Crippen LogP contribution in [-0.4, -0.2) is 26.7 Å². The second-order valence-electron chi connectivity index (χ2n) is 5.05. The van der Waals surface area contributed by atoms with E-state index in [2.05, 4.69) is 50.8 Å². The zero-order valence-electron chi connectivity index (χ0n) is 10.4. The van der Waals surface area contributed by atoms with Crippen molar-refractivity contribution in [2.45, 2.75) is 19.3 Å². The molecular formula is C14H21BrN2. The van der Waals surface area contributed by atoms with Crippen LogP contribution in [0.4, 0.5) is 0 Å². The van der Waals surface area contributed by atoms with Crippen LogP contribution in [0.2, 0.25) is 0 Å². The maximum atomic E-state index is 3.59. The number of nitrogens with one attached hydrogen (secondary N) is 2. The third kappa shape index (κ3) is 3.80. The molecule has 0 amide bonds. The summed E-state index contributed by atoms with van der Waals surface area (Å²) in [6, 6.07) is 8.46. The maximum Gasteiger partial charge on any atom is 0.0207 e. The first-order valence-electron chi connectivity index (χ1n) is 6.34. The summed E-state index contributed by atoms with van der Waals surface area (Å²) in [6.45, 7) is 3.36. The Morgan fingerprint density at radius 3 is 2.65 bits per heavy atom. The van der Waals surface area contributed by atoms with Crippen molar-refractivity contribution in [1.82, 2.24) is 10.6 Å². The van der Waals surface area contributed by atoms with Gasteiger partial charge in [-0.15, -0.1) is 0 Å². The van der Waals surface area contributed by atoms with E-state index in [0.29, 0.717) is 5.41 Å². The molecule has 17 heavy (non-hydrogen) atoms. The lowest BCUT2D eigenvalue weighted by Crippen LogP contribution is -2.32. The summed E-state index contributed by atoms with van der Waals surface area (Å²) < 4.78 is 1.22. The number of hydrogen-bond donors (Lipinski definition) is 2. The molecule has 3 heteroatoms. The van der Waals surface area contributed by atoms with Crippen molar-refractivity contribution < 1.29 is 0 Å². The van der Waals surface area contributed by atoms with Crippen molar-refractivity contribution in [1.29, 1.82) is 0 Å². The zero-order valence-corrected chi connectivity index (χ0v) is 12.0. The summed E-state index contributed by atoms with van der Waals surface area (Å²) in [6.07, 6.45) is 3.84. The highest BCUT2D eigenvalue weighted by Gasteiger charge is 2.41. The molecule has 1 aliphatic carbocycles. The number of halogens is 1.